The highest BCUT2D eigenvalue weighted by atomic mass is 19.3. The number of benzene rings is 1. The van der Waals surface area contributed by atoms with E-state index in [-0.39, 0.29) is 11.5 Å². The maximum Gasteiger partial charge on any atom is 0.266 e. The average Bonchev–Trinajstić information content (AvgIpc) is 3.24. The number of anilines is 1. The number of nitrogens with zero attached hydrogens (tertiary/aromatic N) is 6. The molecule has 0 unspecified atom stereocenters. The molecule has 184 valence electrons. The van der Waals surface area contributed by atoms with Crippen LogP contribution in [0.5, 0.6) is 0 Å². The molecule has 35 heavy (non-hydrogen) atoms. The number of piperazine rings is 1. The zero-order valence-electron chi connectivity index (χ0n) is 19.2. The lowest BCUT2D eigenvalue weighted by Crippen LogP contribution is -2.55. The number of hydrogen-bond acceptors (Lipinski definition) is 6. The van der Waals surface area contributed by atoms with Crippen LogP contribution in [0.15, 0.2) is 42.9 Å². The molecule has 0 spiro atoms. The van der Waals surface area contributed by atoms with Crippen LogP contribution in [0.1, 0.15) is 22.3 Å². The van der Waals surface area contributed by atoms with Crippen molar-refractivity contribution in [2.45, 2.75) is 13.0 Å². The lowest BCUT2D eigenvalue weighted by Gasteiger charge is -2.41. The van der Waals surface area contributed by atoms with Crippen molar-refractivity contribution < 1.29 is 18.4 Å². The van der Waals surface area contributed by atoms with Crippen molar-refractivity contribution in [3.05, 3.63) is 54.0 Å². The number of carbonyl (C=O) groups excluding carboxylic acids is 2. The van der Waals surface area contributed by atoms with E-state index in [1.165, 1.54) is 0 Å². The Morgan fingerprint density at radius 3 is 2.43 bits per heavy atom. The van der Waals surface area contributed by atoms with Crippen molar-refractivity contribution in [3.63, 3.8) is 0 Å². The summed E-state index contributed by atoms with van der Waals surface area (Å²) < 4.78 is 27.5. The minimum atomic E-state index is -2.59. The summed E-state index contributed by atoms with van der Waals surface area (Å²) in [6.45, 7) is 5.11. The lowest BCUT2D eigenvalue weighted by atomic mass is 10.00. The second-order valence-corrected chi connectivity index (χ2v) is 9.15. The van der Waals surface area contributed by atoms with Gasteiger partial charge in [-0.3, -0.25) is 14.5 Å². The van der Waals surface area contributed by atoms with E-state index in [4.69, 9.17) is 5.73 Å². The van der Waals surface area contributed by atoms with E-state index in [1.807, 2.05) is 34.2 Å². The van der Waals surface area contributed by atoms with Crippen LogP contribution < -0.4 is 10.6 Å². The summed E-state index contributed by atoms with van der Waals surface area (Å²) in [5.41, 5.74) is 6.70. The van der Waals surface area contributed by atoms with E-state index in [9.17, 15) is 18.4 Å². The molecule has 2 aliphatic heterocycles. The second-order valence-electron chi connectivity index (χ2n) is 9.15. The summed E-state index contributed by atoms with van der Waals surface area (Å²) in [5, 5.41) is 1.07. The molecular formula is C24H27F2N7O2. The van der Waals surface area contributed by atoms with Gasteiger partial charge in [-0.15, -0.1) is 0 Å². The molecule has 9 nitrogen and oxygen atoms in total. The van der Waals surface area contributed by atoms with Crippen LogP contribution in [-0.2, 0) is 11.3 Å². The number of rotatable bonds is 7. The SMILES string of the molecule is NC(=O)c1ccc2ccn(CC3CN(CC(=O)N4CCN(c5ncc(C(F)F)cn5)CC4)C3)c2c1. The zero-order chi connectivity index (χ0) is 24.5. The molecule has 0 aliphatic carbocycles. The van der Waals surface area contributed by atoms with Crippen molar-refractivity contribution in [1.82, 2.24) is 24.3 Å². The topological polar surface area (TPSA) is 101 Å². The minimum absolute atomic E-state index is 0.0922. The Morgan fingerprint density at radius 2 is 1.77 bits per heavy atom. The highest BCUT2D eigenvalue weighted by molar-refractivity contribution is 5.97. The van der Waals surface area contributed by atoms with Gasteiger partial charge in [0.15, 0.2) is 0 Å². The van der Waals surface area contributed by atoms with E-state index in [2.05, 4.69) is 19.4 Å². The van der Waals surface area contributed by atoms with E-state index >= 15 is 0 Å². The summed E-state index contributed by atoms with van der Waals surface area (Å²) in [6, 6.07) is 7.50. The van der Waals surface area contributed by atoms with Gasteiger partial charge in [0.1, 0.15) is 0 Å². The molecule has 2 aromatic heterocycles. The van der Waals surface area contributed by atoms with Gasteiger partial charge >= 0.3 is 0 Å². The smallest absolute Gasteiger partial charge is 0.266 e. The summed E-state index contributed by atoms with van der Waals surface area (Å²) in [4.78, 5) is 38.2. The van der Waals surface area contributed by atoms with E-state index in [0.29, 0.717) is 50.2 Å². The van der Waals surface area contributed by atoms with Gasteiger partial charge in [-0.25, -0.2) is 18.7 Å². The first kappa shape index (κ1) is 23.2. The third kappa shape index (κ3) is 4.95. The molecule has 0 atom stereocenters. The quantitative estimate of drug-likeness (QED) is 0.550. The third-order valence-corrected chi connectivity index (χ3v) is 6.73. The van der Waals surface area contributed by atoms with Gasteiger partial charge in [-0.1, -0.05) is 6.07 Å². The fraction of sp³-hybridized carbons (Fsp3) is 0.417. The molecule has 5 rings (SSSR count). The summed E-state index contributed by atoms with van der Waals surface area (Å²) in [6.07, 6.45) is 1.74. The zero-order valence-corrected chi connectivity index (χ0v) is 19.2. The first-order valence-corrected chi connectivity index (χ1v) is 11.6. The van der Waals surface area contributed by atoms with Crippen LogP contribution in [0.3, 0.4) is 0 Å². The molecule has 2 aliphatic rings. The van der Waals surface area contributed by atoms with Gasteiger partial charge in [-0.2, -0.15) is 0 Å². The number of nitrogens with two attached hydrogens (primary N) is 1. The van der Waals surface area contributed by atoms with Crippen LogP contribution in [0.4, 0.5) is 14.7 Å². The number of primary amides is 1. The number of halogens is 2. The molecule has 0 radical (unpaired) electrons. The maximum absolute atomic E-state index is 12.8. The maximum atomic E-state index is 12.8. The van der Waals surface area contributed by atoms with Gasteiger partial charge in [0.05, 0.1) is 12.1 Å². The molecule has 1 aromatic carbocycles. The highest BCUT2D eigenvalue weighted by Crippen LogP contribution is 2.23. The van der Waals surface area contributed by atoms with Gasteiger partial charge in [-0.05, 0) is 23.6 Å². The van der Waals surface area contributed by atoms with Crippen LogP contribution in [0.2, 0.25) is 0 Å². The highest BCUT2D eigenvalue weighted by Gasteiger charge is 2.31. The van der Waals surface area contributed by atoms with Crippen LogP contribution >= 0.6 is 0 Å². The monoisotopic (exact) mass is 483 g/mol. The van der Waals surface area contributed by atoms with Gasteiger partial charge in [0.2, 0.25) is 17.8 Å². The van der Waals surface area contributed by atoms with Crippen molar-refractivity contribution in [1.29, 1.82) is 0 Å². The Balaban J connectivity index is 1.08. The number of carbonyl (C=O) groups is 2. The summed E-state index contributed by atoms with van der Waals surface area (Å²) in [7, 11) is 0. The Kier molecular flexibility index (Phi) is 6.33. The Morgan fingerprint density at radius 1 is 1.06 bits per heavy atom. The van der Waals surface area contributed by atoms with E-state index in [1.54, 1.807) is 6.07 Å². The lowest BCUT2D eigenvalue weighted by molar-refractivity contribution is -0.134. The van der Waals surface area contributed by atoms with Gasteiger partial charge in [0, 0.05) is 81.4 Å². The molecule has 2 amide bonds. The first-order chi connectivity index (χ1) is 16.9. The minimum Gasteiger partial charge on any atom is -0.366 e. The number of likely N-dealkylation sites (tertiary alicyclic amines) is 1. The van der Waals surface area contributed by atoms with Crippen molar-refractivity contribution in [2.24, 2.45) is 11.7 Å². The molecule has 4 heterocycles. The van der Waals surface area contributed by atoms with Crippen molar-refractivity contribution in [3.8, 4) is 0 Å². The predicted octanol–water partition coefficient (Wildman–Crippen LogP) is 1.75. The van der Waals surface area contributed by atoms with Crippen LogP contribution in [0.25, 0.3) is 10.9 Å². The molecule has 2 N–H and O–H groups in total. The van der Waals surface area contributed by atoms with Crippen LogP contribution in [0, 0.1) is 5.92 Å². The Labute approximate surface area is 201 Å². The van der Waals surface area contributed by atoms with Crippen molar-refractivity contribution in [2.75, 3.05) is 50.7 Å². The van der Waals surface area contributed by atoms with E-state index < -0.39 is 12.3 Å². The van der Waals surface area contributed by atoms with Crippen molar-refractivity contribution >= 4 is 28.7 Å². The van der Waals surface area contributed by atoms with Gasteiger partial charge in [0.25, 0.3) is 6.43 Å². The normalized spacial score (nSPS) is 17.2. The average molecular weight is 484 g/mol. The number of amides is 2. The number of alkyl halides is 2. The molecule has 0 saturated carbocycles. The predicted molar refractivity (Wildman–Crippen MR) is 126 cm³/mol. The molecule has 2 fully saturated rings. The molecule has 0 bridgehead atoms. The number of fused-ring (bicyclic) bond motifs is 1. The van der Waals surface area contributed by atoms with Gasteiger partial charge < -0.3 is 20.1 Å². The molecule has 3 aromatic rings. The first-order valence-electron chi connectivity index (χ1n) is 11.6. The third-order valence-electron chi connectivity index (χ3n) is 6.73. The fourth-order valence-corrected chi connectivity index (χ4v) is 4.75. The van der Waals surface area contributed by atoms with E-state index in [0.717, 1.165) is 42.9 Å². The molecule has 2 saturated heterocycles. The Bertz CT molecular complexity index is 1220. The van der Waals surface area contributed by atoms with Crippen LogP contribution in [-0.4, -0.2) is 82.0 Å². The number of hydrogen-bond donors (Lipinski definition) is 1. The molecule has 11 heteroatoms. The fourth-order valence-electron chi connectivity index (χ4n) is 4.75. The second kappa shape index (κ2) is 9.57. The number of aromatic nitrogens is 3. The Hall–Kier alpha value is -3.60. The standard InChI is InChI=1S/C24H27F2N7O2/c25-22(26)19-10-28-24(29-11-19)32-7-5-31(6-8-32)21(34)15-30-12-16(13-30)14-33-4-3-17-1-2-18(23(27)35)9-20(17)33/h1-4,9-11,16,22H,5-8,12-15H2,(H2,27,35). The largest absolute Gasteiger partial charge is 0.366 e. The molecular weight excluding hydrogens is 456 g/mol. The summed E-state index contributed by atoms with van der Waals surface area (Å²) in [5.74, 6) is 0.494. The summed E-state index contributed by atoms with van der Waals surface area (Å²) >= 11 is 0.